The molecule has 0 saturated heterocycles. The number of hydrogen-bond donors (Lipinski definition) is 1. The van der Waals surface area contributed by atoms with Crippen LogP contribution in [0.15, 0.2) is 85.2 Å². The summed E-state index contributed by atoms with van der Waals surface area (Å²) < 4.78 is 12.4. The van der Waals surface area contributed by atoms with Crippen LogP contribution in [0.4, 0.5) is 5.69 Å². The highest BCUT2D eigenvalue weighted by molar-refractivity contribution is 6.13. The topological polar surface area (TPSA) is 91.2 Å². The van der Waals surface area contributed by atoms with E-state index < -0.39 is 0 Å². The van der Waals surface area contributed by atoms with E-state index in [4.69, 9.17) is 14.5 Å². The molecule has 2 heterocycles. The monoisotopic (exact) mass is 451 g/mol. The molecule has 3 aromatic carbocycles. The number of ether oxygens (including phenoxy) is 2. The minimum atomic E-state index is -0.257. The number of hydrogen-bond acceptors (Lipinski definition) is 6. The van der Waals surface area contributed by atoms with Gasteiger partial charge in [-0.3, -0.25) is 4.79 Å². The lowest BCUT2D eigenvalue weighted by molar-refractivity contribution is 0.102. The Morgan fingerprint density at radius 3 is 2.50 bits per heavy atom. The molecule has 1 N–H and O–H groups in total. The van der Waals surface area contributed by atoms with E-state index in [1.54, 1.807) is 37.4 Å². The first-order valence-corrected chi connectivity index (χ1v) is 10.6. The molecule has 168 valence electrons. The van der Waals surface area contributed by atoms with Crippen LogP contribution in [0.1, 0.15) is 10.4 Å². The van der Waals surface area contributed by atoms with E-state index in [-0.39, 0.29) is 5.91 Å². The summed E-state index contributed by atoms with van der Waals surface area (Å²) in [6.45, 7) is 0. The van der Waals surface area contributed by atoms with E-state index >= 15 is 0 Å². The number of methoxy groups -OCH3 is 2. The molecule has 0 aliphatic rings. The van der Waals surface area contributed by atoms with Gasteiger partial charge in [0.05, 0.1) is 54.8 Å². The lowest BCUT2D eigenvalue weighted by Gasteiger charge is -2.14. The van der Waals surface area contributed by atoms with E-state index in [9.17, 15) is 4.79 Å². The molecule has 5 aromatic rings. The molecule has 0 radical (unpaired) electrons. The third-order valence-electron chi connectivity index (χ3n) is 5.46. The van der Waals surface area contributed by atoms with Crippen molar-refractivity contribution in [2.75, 3.05) is 19.5 Å². The van der Waals surface area contributed by atoms with Crippen molar-refractivity contribution < 1.29 is 14.3 Å². The van der Waals surface area contributed by atoms with Crippen LogP contribution in [0, 0.1) is 0 Å². The number of nitrogens with one attached hydrogen (secondary N) is 1. The molecule has 0 aliphatic carbocycles. The van der Waals surface area contributed by atoms with Gasteiger partial charge >= 0.3 is 0 Å². The quantitative estimate of drug-likeness (QED) is 0.401. The number of nitrogens with zero attached hydrogens (tertiary/aromatic N) is 4. The van der Waals surface area contributed by atoms with Crippen LogP contribution >= 0.6 is 0 Å². The first-order valence-electron chi connectivity index (χ1n) is 10.6. The first-order chi connectivity index (χ1) is 16.7. The minimum absolute atomic E-state index is 0.257. The summed E-state index contributed by atoms with van der Waals surface area (Å²) in [5.41, 5.74) is 4.00. The van der Waals surface area contributed by atoms with Crippen molar-refractivity contribution in [1.29, 1.82) is 0 Å². The van der Waals surface area contributed by atoms with Crippen molar-refractivity contribution in [1.82, 2.24) is 20.0 Å². The Kier molecular flexibility index (Phi) is 5.61. The number of anilines is 1. The van der Waals surface area contributed by atoms with Crippen molar-refractivity contribution in [2.45, 2.75) is 0 Å². The molecule has 34 heavy (non-hydrogen) atoms. The summed E-state index contributed by atoms with van der Waals surface area (Å²) >= 11 is 0. The van der Waals surface area contributed by atoms with Crippen LogP contribution in [0.25, 0.3) is 27.8 Å². The van der Waals surface area contributed by atoms with E-state index in [1.165, 1.54) is 0 Å². The van der Waals surface area contributed by atoms with Gasteiger partial charge in [-0.15, -0.1) is 5.10 Å². The van der Waals surface area contributed by atoms with E-state index in [2.05, 4.69) is 15.6 Å². The van der Waals surface area contributed by atoms with Gasteiger partial charge in [-0.25, -0.2) is 9.67 Å². The van der Waals surface area contributed by atoms with Gasteiger partial charge in [0.25, 0.3) is 5.91 Å². The van der Waals surface area contributed by atoms with Gasteiger partial charge in [0.2, 0.25) is 0 Å². The zero-order valence-corrected chi connectivity index (χ0v) is 18.6. The highest BCUT2D eigenvalue weighted by Crippen LogP contribution is 2.33. The van der Waals surface area contributed by atoms with Crippen LogP contribution in [0.3, 0.4) is 0 Å². The third kappa shape index (κ3) is 3.93. The maximum atomic E-state index is 13.5. The van der Waals surface area contributed by atoms with Crippen LogP contribution in [-0.2, 0) is 0 Å². The normalized spacial score (nSPS) is 10.8. The van der Waals surface area contributed by atoms with Crippen LogP contribution in [0.5, 0.6) is 11.5 Å². The molecule has 0 fully saturated rings. The molecule has 5 rings (SSSR count). The second-order valence-corrected chi connectivity index (χ2v) is 7.46. The van der Waals surface area contributed by atoms with Crippen molar-refractivity contribution in [2.24, 2.45) is 0 Å². The molecular weight excluding hydrogens is 430 g/mol. The number of aromatic nitrogens is 4. The summed E-state index contributed by atoms with van der Waals surface area (Å²) in [5.74, 6) is 0.949. The fourth-order valence-electron chi connectivity index (χ4n) is 3.81. The molecule has 8 heteroatoms. The lowest BCUT2D eigenvalue weighted by Crippen LogP contribution is -2.15. The average molecular weight is 451 g/mol. The summed E-state index contributed by atoms with van der Waals surface area (Å²) in [4.78, 5) is 18.3. The van der Waals surface area contributed by atoms with Gasteiger partial charge in [0.1, 0.15) is 0 Å². The lowest BCUT2D eigenvalue weighted by atomic mass is 10.0. The number of fused-ring (bicyclic) bond motifs is 1. The Hall–Kier alpha value is -4.72. The fourth-order valence-corrected chi connectivity index (χ4v) is 3.81. The standard InChI is InChI=1S/C26H21N5O3/c1-33-24-12-11-17(15-25(24)34-2)22-16-19(18-7-3-4-8-20(18)28-22)26(32)29-21-9-5-6-10-23(21)31-14-13-27-30-31/h3-16H,1-2H3,(H,29,32). The number of para-hydroxylation sites is 3. The summed E-state index contributed by atoms with van der Waals surface area (Å²) in [6, 6.07) is 22.3. The maximum absolute atomic E-state index is 13.5. The second kappa shape index (κ2) is 9.03. The third-order valence-corrected chi connectivity index (χ3v) is 5.46. The molecule has 0 bridgehead atoms. The number of rotatable bonds is 6. The zero-order valence-electron chi connectivity index (χ0n) is 18.6. The van der Waals surface area contributed by atoms with Crippen LogP contribution < -0.4 is 14.8 Å². The Balaban J connectivity index is 1.59. The summed E-state index contributed by atoms with van der Waals surface area (Å²) in [7, 11) is 3.17. The van der Waals surface area contributed by atoms with E-state index in [1.807, 2.05) is 66.7 Å². The Bertz CT molecular complexity index is 1480. The molecule has 0 unspecified atom stereocenters. The number of carbonyl (C=O) groups is 1. The predicted octanol–water partition coefficient (Wildman–Crippen LogP) is 4.75. The van der Waals surface area contributed by atoms with Gasteiger partial charge in [-0.2, -0.15) is 0 Å². The van der Waals surface area contributed by atoms with Crippen molar-refractivity contribution in [3.8, 4) is 28.4 Å². The number of carbonyl (C=O) groups excluding carboxylic acids is 1. The molecule has 1 amide bonds. The molecule has 8 nitrogen and oxygen atoms in total. The van der Waals surface area contributed by atoms with Crippen molar-refractivity contribution in [3.63, 3.8) is 0 Å². The number of amides is 1. The predicted molar refractivity (Wildman–Crippen MR) is 130 cm³/mol. The minimum Gasteiger partial charge on any atom is -0.493 e. The van der Waals surface area contributed by atoms with Gasteiger partial charge in [-0.1, -0.05) is 35.5 Å². The molecular formula is C26H21N5O3. The van der Waals surface area contributed by atoms with Crippen LogP contribution in [-0.4, -0.2) is 40.1 Å². The molecule has 0 spiro atoms. The SMILES string of the molecule is COc1ccc(-c2cc(C(=O)Nc3ccccc3-n3ccnn3)c3ccccc3n2)cc1OC. The maximum Gasteiger partial charge on any atom is 0.256 e. The van der Waals surface area contributed by atoms with Gasteiger partial charge in [0, 0.05) is 10.9 Å². The highest BCUT2D eigenvalue weighted by atomic mass is 16.5. The van der Waals surface area contributed by atoms with Crippen LogP contribution in [0.2, 0.25) is 0 Å². The van der Waals surface area contributed by atoms with Gasteiger partial charge in [0.15, 0.2) is 11.5 Å². The van der Waals surface area contributed by atoms with E-state index in [0.29, 0.717) is 39.6 Å². The largest absolute Gasteiger partial charge is 0.493 e. The number of pyridine rings is 1. The average Bonchev–Trinajstić information content (AvgIpc) is 3.42. The molecule has 0 saturated carbocycles. The van der Waals surface area contributed by atoms with Gasteiger partial charge < -0.3 is 14.8 Å². The van der Waals surface area contributed by atoms with E-state index in [0.717, 1.165) is 10.9 Å². The summed E-state index contributed by atoms with van der Waals surface area (Å²) in [5, 5.41) is 11.7. The van der Waals surface area contributed by atoms with Crippen molar-refractivity contribution >= 4 is 22.5 Å². The Morgan fingerprint density at radius 1 is 0.912 bits per heavy atom. The summed E-state index contributed by atoms with van der Waals surface area (Å²) in [6.07, 6.45) is 3.31. The highest BCUT2D eigenvalue weighted by Gasteiger charge is 2.17. The molecule has 0 atom stereocenters. The smallest absolute Gasteiger partial charge is 0.256 e. The van der Waals surface area contributed by atoms with Crippen molar-refractivity contribution in [3.05, 3.63) is 90.8 Å². The second-order valence-electron chi connectivity index (χ2n) is 7.46. The fraction of sp³-hybridized carbons (Fsp3) is 0.0769. The van der Waals surface area contributed by atoms with Gasteiger partial charge in [-0.05, 0) is 42.5 Å². The Labute approximate surface area is 195 Å². The first kappa shape index (κ1) is 21.1. The zero-order chi connectivity index (χ0) is 23.5. The molecule has 0 aliphatic heterocycles. The molecule has 2 aromatic heterocycles. The number of benzene rings is 3. The Morgan fingerprint density at radius 2 is 1.71 bits per heavy atom.